The van der Waals surface area contributed by atoms with Gasteiger partial charge in [0.25, 0.3) is 0 Å². The number of pyridine rings is 2. The highest BCUT2D eigenvalue weighted by atomic mass is 32.2. The summed E-state index contributed by atoms with van der Waals surface area (Å²) in [5.41, 5.74) is -0.736. The van der Waals surface area contributed by atoms with Crippen molar-refractivity contribution < 1.29 is 37.2 Å². The van der Waals surface area contributed by atoms with Gasteiger partial charge < -0.3 is 24.1 Å². The van der Waals surface area contributed by atoms with Gasteiger partial charge in [0.05, 0.1) is 33.3 Å². The van der Waals surface area contributed by atoms with E-state index in [0.29, 0.717) is 19.3 Å². The number of carbonyl (C=O) groups excluding carboxylic acids is 2. The maximum absolute atomic E-state index is 15.3. The summed E-state index contributed by atoms with van der Waals surface area (Å²) in [5.74, 6) is -2.86. The first-order valence-electron chi connectivity index (χ1n) is 14.4. The SMILES string of the molecule is CC(=O)CC[C@H]1CN(c2ccc(S(=O)C3CCN(c4nc5c(cc4F)c(=O)c(C(=O)O)cn5C4CC4)CC3)c(F)c2)C(=O)O1. The molecule has 1 aliphatic carbocycles. The van der Waals surface area contributed by atoms with Gasteiger partial charge in [-0.3, -0.25) is 13.9 Å². The number of benzene rings is 1. The molecule has 44 heavy (non-hydrogen) atoms. The zero-order valence-corrected chi connectivity index (χ0v) is 24.6. The lowest BCUT2D eigenvalue weighted by molar-refractivity contribution is -0.117. The summed E-state index contributed by atoms with van der Waals surface area (Å²) in [6.07, 6.45) is 3.12. The number of nitrogens with zero attached hydrogens (tertiary/aromatic N) is 4. The molecule has 3 aromatic rings. The van der Waals surface area contributed by atoms with E-state index < -0.39 is 56.8 Å². The van der Waals surface area contributed by atoms with E-state index in [0.717, 1.165) is 25.0 Å². The molecule has 2 aromatic heterocycles. The van der Waals surface area contributed by atoms with Crippen LogP contribution in [0.1, 0.15) is 61.8 Å². The summed E-state index contributed by atoms with van der Waals surface area (Å²) >= 11 is 0. The van der Waals surface area contributed by atoms with Gasteiger partial charge >= 0.3 is 12.1 Å². The molecular weight excluding hydrogens is 598 g/mol. The summed E-state index contributed by atoms with van der Waals surface area (Å²) in [6, 6.07) is 5.09. The van der Waals surface area contributed by atoms with Gasteiger partial charge in [-0.1, -0.05) is 0 Å². The molecule has 2 aliphatic heterocycles. The predicted molar refractivity (Wildman–Crippen MR) is 157 cm³/mol. The van der Waals surface area contributed by atoms with Crippen LogP contribution in [0.5, 0.6) is 0 Å². The Hall–Kier alpha value is -4.20. The monoisotopic (exact) mass is 628 g/mol. The molecule has 14 heteroatoms. The van der Waals surface area contributed by atoms with Crippen molar-refractivity contribution in [3.8, 4) is 0 Å². The summed E-state index contributed by atoms with van der Waals surface area (Å²) in [5, 5.41) is 8.94. The van der Waals surface area contributed by atoms with Crippen molar-refractivity contribution in [1.82, 2.24) is 9.55 Å². The van der Waals surface area contributed by atoms with Crippen LogP contribution in [0, 0.1) is 11.6 Å². The number of Topliss-reactive ketones (excluding diaryl/α,β-unsaturated/α-hetero) is 1. The number of anilines is 2. The molecule has 232 valence electrons. The molecule has 1 N–H and O–H groups in total. The van der Waals surface area contributed by atoms with Gasteiger partial charge in [0, 0.05) is 37.0 Å². The van der Waals surface area contributed by atoms with E-state index in [1.165, 1.54) is 30.2 Å². The van der Waals surface area contributed by atoms with Gasteiger partial charge in [-0.2, -0.15) is 0 Å². The Bertz CT molecular complexity index is 1770. The van der Waals surface area contributed by atoms with E-state index in [1.807, 2.05) is 0 Å². The molecule has 0 bridgehead atoms. The van der Waals surface area contributed by atoms with E-state index in [9.17, 15) is 28.5 Å². The first-order valence-corrected chi connectivity index (χ1v) is 15.6. The van der Waals surface area contributed by atoms with Crippen LogP contribution in [0.15, 0.2) is 40.2 Å². The second-order valence-electron chi connectivity index (χ2n) is 11.4. The minimum Gasteiger partial charge on any atom is -0.477 e. The lowest BCUT2D eigenvalue weighted by atomic mass is 10.1. The molecular formula is C30H30F2N4O7S. The van der Waals surface area contributed by atoms with Gasteiger partial charge in [0.1, 0.15) is 28.9 Å². The summed E-state index contributed by atoms with van der Waals surface area (Å²) in [6.45, 7) is 2.21. The topological polar surface area (TPSA) is 139 Å². The highest BCUT2D eigenvalue weighted by Gasteiger charge is 2.34. The number of fused-ring (bicyclic) bond motifs is 1. The fourth-order valence-electron chi connectivity index (χ4n) is 5.77. The summed E-state index contributed by atoms with van der Waals surface area (Å²) in [4.78, 5) is 55.4. The molecule has 11 nitrogen and oxygen atoms in total. The third-order valence-electron chi connectivity index (χ3n) is 8.29. The zero-order chi connectivity index (χ0) is 31.3. The molecule has 2 atom stereocenters. The van der Waals surface area contributed by atoms with Crippen molar-refractivity contribution in [1.29, 1.82) is 0 Å². The number of ether oxygens (including phenoxy) is 1. The van der Waals surface area contributed by atoms with Crippen LogP contribution in [0.2, 0.25) is 0 Å². The van der Waals surface area contributed by atoms with Crippen molar-refractivity contribution in [2.75, 3.05) is 29.4 Å². The highest BCUT2D eigenvalue weighted by molar-refractivity contribution is 7.85. The number of carboxylic acid groups (broad SMARTS) is 1. The van der Waals surface area contributed by atoms with Crippen LogP contribution in [0.3, 0.4) is 0 Å². The number of cyclic esters (lactones) is 1. The quantitative estimate of drug-likeness (QED) is 0.370. The van der Waals surface area contributed by atoms with Crippen LogP contribution in [0.4, 0.5) is 25.1 Å². The zero-order valence-electron chi connectivity index (χ0n) is 23.8. The van der Waals surface area contributed by atoms with Crippen LogP contribution < -0.4 is 15.2 Å². The number of amides is 1. The number of piperidine rings is 1. The van der Waals surface area contributed by atoms with Gasteiger partial charge in [0.15, 0.2) is 11.6 Å². The first-order chi connectivity index (χ1) is 21.0. The average molecular weight is 629 g/mol. The smallest absolute Gasteiger partial charge is 0.414 e. The maximum atomic E-state index is 15.3. The Morgan fingerprint density at radius 3 is 2.45 bits per heavy atom. The van der Waals surface area contributed by atoms with E-state index >= 15 is 8.78 Å². The standard InChI is InChI=1S/C30H30F2N4O7S/c1-16(37)2-6-19-14-36(30(41)43-19)18-5-7-25(23(31)12-18)44(42)20-8-10-34(11-9-20)28-24(32)13-21-26(38)22(29(39)40)15-35(17-3-4-17)27(21)33-28/h5,7,12-13,15,17,19-20H,2-4,6,8-11,14H2,1H3,(H,39,40)/t19-,44?/m0/s1. The number of hydrogen-bond donors (Lipinski definition) is 1. The third kappa shape index (κ3) is 5.70. The lowest BCUT2D eigenvalue weighted by Gasteiger charge is -2.32. The number of rotatable bonds is 9. The Labute approximate surface area is 252 Å². The van der Waals surface area contributed by atoms with E-state index in [-0.39, 0.29) is 65.3 Å². The van der Waals surface area contributed by atoms with Crippen LogP contribution in [-0.4, -0.2) is 67.7 Å². The average Bonchev–Trinajstić information content (AvgIpc) is 3.77. The number of carbonyl (C=O) groups is 3. The van der Waals surface area contributed by atoms with Gasteiger partial charge in [-0.15, -0.1) is 0 Å². The molecule has 0 spiro atoms. The number of ketones is 1. The number of halogens is 2. The highest BCUT2D eigenvalue weighted by Crippen LogP contribution is 2.37. The number of carboxylic acids is 1. The fraction of sp³-hybridized carbons (Fsp3) is 0.433. The number of aromatic nitrogens is 2. The Balaban J connectivity index is 1.16. The first kappa shape index (κ1) is 29.9. The van der Waals surface area contributed by atoms with Crippen molar-refractivity contribution >= 4 is 51.2 Å². The summed E-state index contributed by atoms with van der Waals surface area (Å²) in [7, 11) is -1.72. The van der Waals surface area contributed by atoms with Gasteiger partial charge in [0.2, 0.25) is 5.43 Å². The molecule has 1 amide bonds. The molecule has 3 fully saturated rings. The van der Waals surface area contributed by atoms with Gasteiger partial charge in [-0.25, -0.2) is 23.4 Å². The van der Waals surface area contributed by atoms with E-state index in [1.54, 1.807) is 9.47 Å². The van der Waals surface area contributed by atoms with E-state index in [2.05, 4.69) is 4.98 Å². The molecule has 1 aromatic carbocycles. The Morgan fingerprint density at radius 1 is 1.09 bits per heavy atom. The van der Waals surface area contributed by atoms with Crippen LogP contribution in [-0.2, 0) is 20.3 Å². The minimum atomic E-state index is -1.72. The molecule has 3 aliphatic rings. The van der Waals surface area contributed by atoms with Gasteiger partial charge in [-0.05, 0) is 63.3 Å². The van der Waals surface area contributed by atoms with Crippen molar-refractivity contribution in [3.05, 3.63) is 57.9 Å². The Kier molecular flexibility index (Phi) is 7.95. The minimum absolute atomic E-state index is 0.00518. The predicted octanol–water partition coefficient (Wildman–Crippen LogP) is 4.18. The van der Waals surface area contributed by atoms with Crippen LogP contribution in [0.25, 0.3) is 11.0 Å². The maximum Gasteiger partial charge on any atom is 0.414 e. The van der Waals surface area contributed by atoms with Crippen molar-refractivity contribution in [3.63, 3.8) is 0 Å². The van der Waals surface area contributed by atoms with E-state index in [4.69, 9.17) is 4.74 Å². The van der Waals surface area contributed by atoms with Crippen molar-refractivity contribution in [2.24, 2.45) is 0 Å². The second-order valence-corrected chi connectivity index (χ2v) is 13.1. The Morgan fingerprint density at radius 2 is 1.82 bits per heavy atom. The normalized spacial score (nSPS) is 19.8. The fourth-order valence-corrected chi connectivity index (χ4v) is 7.22. The third-order valence-corrected chi connectivity index (χ3v) is 10.1. The number of hydrogen-bond acceptors (Lipinski definition) is 8. The molecule has 0 radical (unpaired) electrons. The lowest BCUT2D eigenvalue weighted by Crippen LogP contribution is -2.39. The van der Waals surface area contributed by atoms with Crippen LogP contribution >= 0.6 is 0 Å². The summed E-state index contributed by atoms with van der Waals surface area (Å²) < 4.78 is 50.8. The molecule has 1 saturated carbocycles. The van der Waals surface area contributed by atoms with Crippen molar-refractivity contribution in [2.45, 2.75) is 67.7 Å². The molecule has 1 unspecified atom stereocenters. The molecule has 4 heterocycles. The largest absolute Gasteiger partial charge is 0.477 e. The molecule has 6 rings (SSSR count). The molecule has 2 saturated heterocycles. The number of aromatic carboxylic acids is 1. The second kappa shape index (κ2) is 11.7.